The van der Waals surface area contributed by atoms with Gasteiger partial charge in [-0.2, -0.15) is 0 Å². The standard InChI is InChI=1S/C16H35O4P.Cs.H/c1-2-3-4-5-6-7-8-9-10-11-12-13-14-15-16-20-21(17,18)19;;/h2-16H2,1H3,(H2,17,18,19);;/q;+1;-1. The van der Waals surface area contributed by atoms with Gasteiger partial charge >= 0.3 is 76.7 Å². The Kier molecular flexibility index (Phi) is 23.4. The van der Waals surface area contributed by atoms with E-state index in [1.54, 1.807) is 0 Å². The molecule has 0 saturated heterocycles. The summed E-state index contributed by atoms with van der Waals surface area (Å²) in [5.74, 6) is 0. The van der Waals surface area contributed by atoms with E-state index in [1.807, 2.05) is 0 Å². The molecule has 0 spiro atoms. The smallest absolute Gasteiger partial charge is 1.00 e. The molecule has 0 aliphatic rings. The van der Waals surface area contributed by atoms with Crippen LogP contribution in [0.3, 0.4) is 0 Å². The van der Waals surface area contributed by atoms with Gasteiger partial charge in [0, 0.05) is 0 Å². The third-order valence-corrected chi connectivity index (χ3v) is 4.28. The molecule has 22 heavy (non-hydrogen) atoms. The zero-order chi connectivity index (χ0) is 15.8. The summed E-state index contributed by atoms with van der Waals surface area (Å²) in [7, 11) is -4.25. The summed E-state index contributed by atoms with van der Waals surface area (Å²) >= 11 is 0. The topological polar surface area (TPSA) is 66.8 Å². The van der Waals surface area contributed by atoms with Gasteiger partial charge in [0.25, 0.3) is 0 Å². The maximum absolute atomic E-state index is 10.4. The third-order valence-electron chi connectivity index (χ3n) is 3.76. The summed E-state index contributed by atoms with van der Waals surface area (Å²) in [5.41, 5.74) is 0. The van der Waals surface area contributed by atoms with Crippen molar-refractivity contribution in [1.82, 2.24) is 0 Å². The molecule has 130 valence electrons. The van der Waals surface area contributed by atoms with Gasteiger partial charge in [-0.3, -0.25) is 4.52 Å². The number of unbranched alkanes of at least 4 members (excludes halogenated alkanes) is 13. The van der Waals surface area contributed by atoms with Crippen molar-refractivity contribution in [3.8, 4) is 0 Å². The van der Waals surface area contributed by atoms with Crippen LogP contribution >= 0.6 is 7.82 Å². The minimum Gasteiger partial charge on any atom is -1.00 e. The molecule has 0 aromatic rings. The van der Waals surface area contributed by atoms with Crippen molar-refractivity contribution < 1.29 is 89.2 Å². The first kappa shape index (κ1) is 26.4. The number of phosphoric acid groups is 1. The van der Waals surface area contributed by atoms with Gasteiger partial charge in [-0.15, -0.1) is 0 Å². The maximum Gasteiger partial charge on any atom is 1.00 e. The average molecular weight is 456 g/mol. The summed E-state index contributed by atoms with van der Waals surface area (Å²) in [4.78, 5) is 17.0. The second kappa shape index (κ2) is 19.5. The minimum atomic E-state index is -4.25. The van der Waals surface area contributed by atoms with E-state index in [4.69, 9.17) is 9.79 Å². The van der Waals surface area contributed by atoms with E-state index in [2.05, 4.69) is 11.4 Å². The Morgan fingerprint density at radius 2 is 1.05 bits per heavy atom. The van der Waals surface area contributed by atoms with Crippen LogP contribution in [-0.2, 0) is 9.09 Å². The quantitative estimate of drug-likeness (QED) is 0.277. The van der Waals surface area contributed by atoms with E-state index in [0.717, 1.165) is 19.3 Å². The summed E-state index contributed by atoms with van der Waals surface area (Å²) in [6, 6.07) is 0. The van der Waals surface area contributed by atoms with Gasteiger partial charge < -0.3 is 11.2 Å². The molecular formula is C16H36CsO4P. The van der Waals surface area contributed by atoms with E-state index in [-0.39, 0.29) is 76.9 Å². The van der Waals surface area contributed by atoms with Crippen molar-refractivity contribution in [2.45, 2.75) is 96.8 Å². The van der Waals surface area contributed by atoms with Crippen LogP contribution in [0.15, 0.2) is 0 Å². The summed E-state index contributed by atoms with van der Waals surface area (Å²) in [5, 5.41) is 0. The van der Waals surface area contributed by atoms with Crippen LogP contribution in [0, 0.1) is 0 Å². The molecule has 0 heterocycles. The Morgan fingerprint density at radius 1 is 0.727 bits per heavy atom. The molecule has 0 aliphatic heterocycles. The van der Waals surface area contributed by atoms with Crippen LogP contribution < -0.4 is 68.9 Å². The van der Waals surface area contributed by atoms with Gasteiger partial charge in [-0.1, -0.05) is 90.4 Å². The van der Waals surface area contributed by atoms with Gasteiger partial charge in [0.15, 0.2) is 0 Å². The van der Waals surface area contributed by atoms with Crippen molar-refractivity contribution >= 4 is 7.82 Å². The van der Waals surface area contributed by atoms with Gasteiger partial charge in [-0.05, 0) is 6.42 Å². The molecule has 6 heteroatoms. The molecule has 0 aliphatic carbocycles. The van der Waals surface area contributed by atoms with Crippen LogP contribution in [0.4, 0.5) is 0 Å². The molecule has 0 amide bonds. The van der Waals surface area contributed by atoms with Gasteiger partial charge in [0.2, 0.25) is 0 Å². The second-order valence-electron chi connectivity index (χ2n) is 5.92. The largest absolute Gasteiger partial charge is 1.00 e. The fourth-order valence-corrected chi connectivity index (χ4v) is 2.85. The van der Waals surface area contributed by atoms with E-state index >= 15 is 0 Å². The molecule has 4 nitrogen and oxygen atoms in total. The molecule has 0 rings (SSSR count). The predicted molar refractivity (Wildman–Crippen MR) is 89.4 cm³/mol. The molecule has 2 N–H and O–H groups in total. The number of hydrogen-bond acceptors (Lipinski definition) is 2. The average Bonchev–Trinajstić information content (AvgIpc) is 2.42. The number of rotatable bonds is 16. The first-order valence-electron chi connectivity index (χ1n) is 8.76. The van der Waals surface area contributed by atoms with E-state index in [9.17, 15) is 4.57 Å². The van der Waals surface area contributed by atoms with Crippen molar-refractivity contribution in [3.63, 3.8) is 0 Å². The number of phosphoric ester groups is 1. The summed E-state index contributed by atoms with van der Waals surface area (Å²) in [6.07, 6.45) is 17.8. The normalized spacial score (nSPS) is 11.4. The Hall–Kier alpha value is 2.16. The van der Waals surface area contributed by atoms with E-state index in [1.165, 1.54) is 70.6 Å². The zero-order valence-corrected chi connectivity index (χ0v) is 21.9. The summed E-state index contributed by atoms with van der Waals surface area (Å²) < 4.78 is 14.8. The Labute approximate surface area is 197 Å². The molecule has 0 fully saturated rings. The molecule has 0 saturated carbocycles. The van der Waals surface area contributed by atoms with E-state index in [0.29, 0.717) is 0 Å². The zero-order valence-electron chi connectivity index (χ0n) is 15.8. The Morgan fingerprint density at radius 3 is 1.36 bits per heavy atom. The second-order valence-corrected chi connectivity index (χ2v) is 7.16. The molecular weight excluding hydrogens is 420 g/mol. The SMILES string of the molecule is CCCCCCCCCCCCCCCCOP(=O)(O)O.[Cs+].[H-]. The predicted octanol–water partition coefficient (Wildman–Crippen LogP) is 2.69. The first-order chi connectivity index (χ1) is 10.1. The molecule has 0 atom stereocenters. The molecule has 0 radical (unpaired) electrons. The fourth-order valence-electron chi connectivity index (χ4n) is 2.48. The monoisotopic (exact) mass is 456 g/mol. The molecule has 0 unspecified atom stereocenters. The third kappa shape index (κ3) is 24.4. The minimum absolute atomic E-state index is 0. The van der Waals surface area contributed by atoms with Crippen molar-refractivity contribution in [2.75, 3.05) is 6.61 Å². The van der Waals surface area contributed by atoms with Gasteiger partial charge in [0.05, 0.1) is 6.61 Å². The maximum atomic E-state index is 10.4. The van der Waals surface area contributed by atoms with Crippen LogP contribution in [0.1, 0.15) is 98.2 Å². The van der Waals surface area contributed by atoms with Crippen LogP contribution in [0.2, 0.25) is 0 Å². The van der Waals surface area contributed by atoms with Crippen molar-refractivity contribution in [3.05, 3.63) is 0 Å². The van der Waals surface area contributed by atoms with E-state index < -0.39 is 7.82 Å². The molecule has 0 aromatic carbocycles. The van der Waals surface area contributed by atoms with Crippen LogP contribution in [0.25, 0.3) is 0 Å². The Bertz CT molecular complexity index is 264. The van der Waals surface area contributed by atoms with Gasteiger partial charge in [-0.25, -0.2) is 4.57 Å². The van der Waals surface area contributed by atoms with Crippen molar-refractivity contribution in [1.29, 1.82) is 0 Å². The number of hydrogen-bond donors (Lipinski definition) is 2. The van der Waals surface area contributed by atoms with Crippen LogP contribution in [-0.4, -0.2) is 16.4 Å². The van der Waals surface area contributed by atoms with Gasteiger partial charge in [0.1, 0.15) is 0 Å². The Balaban J connectivity index is -0.00000200. The van der Waals surface area contributed by atoms with Crippen molar-refractivity contribution in [2.24, 2.45) is 0 Å². The summed E-state index contributed by atoms with van der Waals surface area (Å²) in [6.45, 7) is 2.42. The fraction of sp³-hybridized carbons (Fsp3) is 1.00. The first-order valence-corrected chi connectivity index (χ1v) is 10.3. The molecule has 0 aromatic heterocycles. The van der Waals surface area contributed by atoms with Crippen LogP contribution in [0.5, 0.6) is 0 Å². The molecule has 0 bridgehead atoms.